The number of carboxylic acids is 1. The zero-order valence-corrected chi connectivity index (χ0v) is 23.4. The van der Waals surface area contributed by atoms with Crippen LogP contribution in [0.25, 0.3) is 0 Å². The van der Waals surface area contributed by atoms with Gasteiger partial charge in [0, 0.05) is 5.41 Å². The highest BCUT2D eigenvalue weighted by Crippen LogP contribution is 2.75. The topological polar surface area (TPSA) is 138 Å². The van der Waals surface area contributed by atoms with E-state index in [0.717, 1.165) is 24.8 Å². The average Bonchev–Trinajstić information content (AvgIpc) is 2.79. The first kappa shape index (κ1) is 27.6. The Morgan fingerprint density at radius 1 is 0.919 bits per heavy atom. The van der Waals surface area contributed by atoms with E-state index >= 15 is 0 Å². The predicted molar refractivity (Wildman–Crippen MR) is 138 cm³/mol. The minimum Gasteiger partial charge on any atom is -0.481 e. The van der Waals surface area contributed by atoms with Crippen LogP contribution >= 0.6 is 0 Å². The van der Waals surface area contributed by atoms with Gasteiger partial charge in [0.15, 0.2) is 0 Å². The largest absolute Gasteiger partial charge is 0.481 e. The molecule has 0 spiro atoms. The number of carboxylic acid groups (broad SMARTS) is 1. The van der Waals surface area contributed by atoms with Crippen molar-refractivity contribution in [1.82, 2.24) is 0 Å². The van der Waals surface area contributed by atoms with Gasteiger partial charge in [0.25, 0.3) is 0 Å². The molecule has 7 heteroatoms. The summed E-state index contributed by atoms with van der Waals surface area (Å²) >= 11 is 0. The van der Waals surface area contributed by atoms with Crippen LogP contribution in [0.2, 0.25) is 0 Å². The fourth-order valence-corrected chi connectivity index (χ4v) is 10.9. The molecular weight excluding hydrogens is 472 g/mol. The highest BCUT2D eigenvalue weighted by Gasteiger charge is 2.72. The Balaban J connectivity index is 1.64. The van der Waals surface area contributed by atoms with Crippen LogP contribution in [-0.2, 0) is 4.79 Å². The van der Waals surface area contributed by atoms with Gasteiger partial charge in [-0.15, -0.1) is 0 Å². The molecule has 0 saturated heterocycles. The fourth-order valence-electron chi connectivity index (χ4n) is 10.9. The van der Waals surface area contributed by atoms with Crippen molar-refractivity contribution in [2.45, 2.75) is 111 Å². The monoisotopic (exact) mass is 520 g/mol. The first-order valence-electron chi connectivity index (χ1n) is 14.2. The molecule has 0 amide bonds. The molecule has 0 aromatic rings. The van der Waals surface area contributed by atoms with Crippen molar-refractivity contribution in [3.05, 3.63) is 11.6 Å². The number of hydrogen-bond acceptors (Lipinski definition) is 6. The summed E-state index contributed by atoms with van der Waals surface area (Å²) < 4.78 is 0. The second-order valence-corrected chi connectivity index (χ2v) is 15.2. The van der Waals surface area contributed by atoms with Crippen molar-refractivity contribution in [3.8, 4) is 0 Å². The third-order valence-corrected chi connectivity index (χ3v) is 13.4. The normalized spacial score (nSPS) is 56.7. The smallest absolute Gasteiger partial charge is 0.312 e. The summed E-state index contributed by atoms with van der Waals surface area (Å²) in [6.07, 6.45) is 2.18. The van der Waals surface area contributed by atoms with Gasteiger partial charge in [0.05, 0.1) is 31.0 Å². The molecule has 4 fully saturated rings. The summed E-state index contributed by atoms with van der Waals surface area (Å²) in [5.41, 5.74) is -2.56. The Hall–Kier alpha value is -0.990. The lowest BCUT2D eigenvalue weighted by Crippen LogP contribution is -2.70. The van der Waals surface area contributed by atoms with Gasteiger partial charge < -0.3 is 30.6 Å². The predicted octanol–water partition coefficient (Wildman–Crippen LogP) is 3.12. The molecule has 5 aliphatic rings. The Morgan fingerprint density at radius 3 is 2.16 bits per heavy atom. The number of allylic oxidation sites excluding steroid dienone is 2. The lowest BCUT2D eigenvalue weighted by Gasteiger charge is -2.72. The minimum atomic E-state index is -1.40. The van der Waals surface area contributed by atoms with Crippen molar-refractivity contribution in [1.29, 1.82) is 0 Å². The molecule has 7 nitrogen and oxygen atoms in total. The molecule has 0 aliphatic heterocycles. The van der Waals surface area contributed by atoms with E-state index < -0.39 is 52.0 Å². The molecule has 210 valence electrons. The maximum absolute atomic E-state index is 12.9. The van der Waals surface area contributed by atoms with Gasteiger partial charge in [-0.1, -0.05) is 53.2 Å². The summed E-state index contributed by atoms with van der Waals surface area (Å²) in [6, 6.07) is 0. The highest BCUT2D eigenvalue weighted by atomic mass is 16.4. The van der Waals surface area contributed by atoms with Crippen molar-refractivity contribution in [2.75, 3.05) is 6.61 Å². The lowest BCUT2D eigenvalue weighted by molar-refractivity contribution is -0.250. The standard InChI is InChI=1S/C30H48O7/c1-25(2)11-17-16-7-8-20-26(3)12-18(32)23(35)27(4,15-31)19(26)9-10-28(20,5)29(16,6)13-22(34)30(17,24(36)37)14-21(25)33/h7,17-23,31-35H,8-15H2,1-6H3,(H,36,37)/t17-,18-,19-,20+,21-,22-,23-,26-,27-,28+,29+,30+/m0/s1. The molecule has 0 heterocycles. The molecule has 5 aliphatic carbocycles. The van der Waals surface area contributed by atoms with E-state index in [1.165, 1.54) is 0 Å². The molecule has 0 unspecified atom stereocenters. The first-order chi connectivity index (χ1) is 17.0. The summed E-state index contributed by atoms with van der Waals surface area (Å²) in [4.78, 5) is 12.9. The van der Waals surface area contributed by atoms with Crippen molar-refractivity contribution < 1.29 is 35.4 Å². The molecule has 0 bridgehead atoms. The van der Waals surface area contributed by atoms with Gasteiger partial charge in [-0.2, -0.15) is 0 Å². The van der Waals surface area contributed by atoms with E-state index in [-0.39, 0.29) is 41.6 Å². The van der Waals surface area contributed by atoms with Crippen molar-refractivity contribution in [2.24, 2.45) is 50.2 Å². The third-order valence-electron chi connectivity index (χ3n) is 13.4. The third kappa shape index (κ3) is 3.15. The Labute approximate surface area is 221 Å². The summed E-state index contributed by atoms with van der Waals surface area (Å²) in [5, 5.41) is 65.5. The maximum Gasteiger partial charge on any atom is 0.312 e. The van der Waals surface area contributed by atoms with Crippen LogP contribution < -0.4 is 0 Å². The lowest BCUT2D eigenvalue weighted by atomic mass is 9.33. The van der Waals surface area contributed by atoms with Crippen LogP contribution in [0.15, 0.2) is 11.6 Å². The van der Waals surface area contributed by atoms with Crippen LogP contribution in [-0.4, -0.2) is 67.6 Å². The molecule has 0 aromatic heterocycles. The van der Waals surface area contributed by atoms with Crippen LogP contribution in [0.4, 0.5) is 0 Å². The number of rotatable bonds is 2. The van der Waals surface area contributed by atoms with E-state index in [2.05, 4.69) is 26.8 Å². The quantitative estimate of drug-likeness (QED) is 0.308. The van der Waals surface area contributed by atoms with Crippen LogP contribution in [0, 0.1) is 50.2 Å². The van der Waals surface area contributed by atoms with E-state index in [1.807, 2.05) is 20.8 Å². The molecule has 5 rings (SSSR count). The van der Waals surface area contributed by atoms with Crippen molar-refractivity contribution >= 4 is 5.97 Å². The van der Waals surface area contributed by atoms with Gasteiger partial charge >= 0.3 is 5.97 Å². The molecule has 12 atom stereocenters. The number of carbonyl (C=O) groups is 1. The summed E-state index contributed by atoms with van der Waals surface area (Å²) in [7, 11) is 0. The second-order valence-electron chi connectivity index (χ2n) is 15.2. The Morgan fingerprint density at radius 2 is 1.57 bits per heavy atom. The SMILES string of the molecule is CC1(C)C[C@H]2C3=CC[C@@H]4[C@@]5(C)C[C@H](O)[C@H](O)[C@@](C)(CO)[C@H]5CC[C@@]4(C)[C@]3(C)C[C@H](O)[C@@]2(C(=O)O)C[C@@H]1O. The van der Waals surface area contributed by atoms with E-state index in [9.17, 15) is 35.4 Å². The molecular formula is C30H48O7. The highest BCUT2D eigenvalue weighted by molar-refractivity contribution is 5.78. The van der Waals surface area contributed by atoms with E-state index in [1.54, 1.807) is 0 Å². The molecule has 4 saturated carbocycles. The maximum atomic E-state index is 12.9. The summed E-state index contributed by atoms with van der Waals surface area (Å²) in [6.45, 7) is 12.4. The zero-order chi connectivity index (χ0) is 27.6. The number of aliphatic hydroxyl groups is 5. The zero-order valence-electron chi connectivity index (χ0n) is 23.4. The van der Waals surface area contributed by atoms with Gasteiger partial charge in [-0.3, -0.25) is 4.79 Å². The number of aliphatic hydroxyl groups excluding tert-OH is 5. The van der Waals surface area contributed by atoms with Gasteiger partial charge in [-0.05, 0) is 84.4 Å². The number of fused-ring (bicyclic) bond motifs is 7. The molecule has 6 N–H and O–H groups in total. The number of hydrogen-bond donors (Lipinski definition) is 6. The Kier molecular flexibility index (Phi) is 5.98. The molecule has 0 radical (unpaired) electrons. The average molecular weight is 521 g/mol. The fraction of sp³-hybridized carbons (Fsp3) is 0.900. The molecule has 0 aromatic carbocycles. The number of aliphatic carboxylic acids is 1. The molecule has 37 heavy (non-hydrogen) atoms. The first-order valence-corrected chi connectivity index (χ1v) is 14.2. The van der Waals surface area contributed by atoms with Crippen molar-refractivity contribution in [3.63, 3.8) is 0 Å². The van der Waals surface area contributed by atoms with Crippen LogP contribution in [0.3, 0.4) is 0 Å². The van der Waals surface area contributed by atoms with Crippen LogP contribution in [0.5, 0.6) is 0 Å². The Bertz CT molecular complexity index is 1010. The van der Waals surface area contributed by atoms with Gasteiger partial charge in [-0.25, -0.2) is 0 Å². The minimum absolute atomic E-state index is 0.0374. The van der Waals surface area contributed by atoms with E-state index in [0.29, 0.717) is 19.3 Å². The van der Waals surface area contributed by atoms with Gasteiger partial charge in [0.1, 0.15) is 5.41 Å². The summed E-state index contributed by atoms with van der Waals surface area (Å²) in [5.74, 6) is -1.20. The van der Waals surface area contributed by atoms with E-state index in [4.69, 9.17) is 0 Å². The van der Waals surface area contributed by atoms with Crippen LogP contribution in [0.1, 0.15) is 86.5 Å². The second kappa shape index (κ2) is 8.03. The van der Waals surface area contributed by atoms with Gasteiger partial charge in [0.2, 0.25) is 0 Å².